The van der Waals surface area contributed by atoms with Gasteiger partial charge < -0.3 is 15.0 Å². The van der Waals surface area contributed by atoms with E-state index in [0.717, 1.165) is 12.8 Å². The number of nitrogens with zero attached hydrogens (tertiary/aromatic N) is 5. The number of fused-ring (bicyclic) bond motifs is 3. The number of nitriles is 1. The summed E-state index contributed by atoms with van der Waals surface area (Å²) in [7, 11) is 0. The Labute approximate surface area is 162 Å². The molecule has 2 aromatic heterocycles. The molecule has 1 aliphatic carbocycles. The number of rotatable bonds is 5. The van der Waals surface area contributed by atoms with E-state index in [9.17, 15) is 22.0 Å². The largest absolute Gasteiger partial charge is 0.483 e. The van der Waals surface area contributed by atoms with Gasteiger partial charge in [-0.1, -0.05) is 0 Å². The van der Waals surface area contributed by atoms with E-state index in [0.29, 0.717) is 13.1 Å². The number of piperidine rings is 1. The summed E-state index contributed by atoms with van der Waals surface area (Å²) in [6.07, 6.45) is -0.102. The lowest BCUT2D eigenvalue weighted by Crippen LogP contribution is -2.46. The fourth-order valence-corrected chi connectivity index (χ4v) is 3.99. The molecule has 29 heavy (non-hydrogen) atoms. The van der Waals surface area contributed by atoms with Crippen molar-refractivity contribution in [2.45, 2.75) is 31.0 Å². The van der Waals surface area contributed by atoms with Crippen molar-refractivity contribution in [1.29, 1.82) is 5.26 Å². The topological polar surface area (TPSA) is 78.5 Å². The van der Waals surface area contributed by atoms with Crippen molar-refractivity contribution in [2.75, 3.05) is 25.0 Å². The minimum atomic E-state index is -5.70. The van der Waals surface area contributed by atoms with Gasteiger partial charge in [-0.25, -0.2) is 4.52 Å². The molecule has 2 aromatic rings. The van der Waals surface area contributed by atoms with E-state index in [1.165, 1.54) is 22.8 Å². The van der Waals surface area contributed by atoms with Gasteiger partial charge in [0.15, 0.2) is 24.2 Å². The van der Waals surface area contributed by atoms with Gasteiger partial charge in [0.2, 0.25) is 5.95 Å². The summed E-state index contributed by atoms with van der Waals surface area (Å²) in [5.41, 5.74) is 0.0368. The molecule has 0 spiro atoms. The summed E-state index contributed by atoms with van der Waals surface area (Å²) in [6, 6.07) is 2.74. The van der Waals surface area contributed by atoms with Crippen LogP contribution in [0.4, 0.5) is 27.9 Å². The normalized spacial score (nSPS) is 24.6. The van der Waals surface area contributed by atoms with Gasteiger partial charge in [-0.15, -0.1) is 5.10 Å². The lowest BCUT2D eigenvalue weighted by molar-refractivity contribution is -0.289. The maximum atomic E-state index is 13.2. The van der Waals surface area contributed by atoms with Crippen molar-refractivity contribution in [2.24, 2.45) is 11.8 Å². The van der Waals surface area contributed by atoms with Crippen LogP contribution in [-0.2, 0) is 0 Å². The van der Waals surface area contributed by atoms with E-state index >= 15 is 0 Å². The SMILES string of the molecule is N#CN1C[C@H]2CC[C@@H](C1)C2Nc1nc2c(OCC(F)(F)C(F)(F)F)cccn2n1. The Balaban J connectivity index is 1.51. The summed E-state index contributed by atoms with van der Waals surface area (Å²) in [5, 5.41) is 16.6. The number of ether oxygens (including phenoxy) is 1. The Morgan fingerprint density at radius 1 is 1.21 bits per heavy atom. The Morgan fingerprint density at radius 2 is 1.90 bits per heavy atom. The van der Waals surface area contributed by atoms with E-state index in [1.807, 2.05) is 0 Å². The highest BCUT2D eigenvalue weighted by molar-refractivity contribution is 5.55. The van der Waals surface area contributed by atoms with E-state index in [1.54, 1.807) is 4.90 Å². The molecular weight excluding hydrogens is 399 g/mol. The van der Waals surface area contributed by atoms with Crippen molar-refractivity contribution in [1.82, 2.24) is 19.5 Å². The predicted molar refractivity (Wildman–Crippen MR) is 90.3 cm³/mol. The van der Waals surface area contributed by atoms with Crippen LogP contribution in [-0.4, -0.2) is 57.3 Å². The minimum Gasteiger partial charge on any atom is -0.483 e. The lowest BCUT2D eigenvalue weighted by atomic mass is 9.92. The first-order chi connectivity index (χ1) is 13.7. The average molecular weight is 416 g/mol. The summed E-state index contributed by atoms with van der Waals surface area (Å²) in [5.74, 6) is -4.47. The molecular formula is C17H17F5N6O. The van der Waals surface area contributed by atoms with Crippen LogP contribution in [0.5, 0.6) is 5.75 Å². The van der Waals surface area contributed by atoms with Crippen LogP contribution in [0.25, 0.3) is 5.65 Å². The Kier molecular flexibility index (Phi) is 4.63. The standard InChI is InChI=1S/C17H17F5N6O/c18-16(19,17(20,21)22)8-29-12-2-1-5-28-14(12)25-15(26-28)24-13-10-3-4-11(13)7-27(6-10)9-23/h1-2,5,10-11,13H,3-4,6-8H2,(H,24,26)/t10-,11+,13?. The molecule has 0 radical (unpaired) electrons. The van der Waals surface area contributed by atoms with Gasteiger partial charge in [-0.3, -0.25) is 0 Å². The van der Waals surface area contributed by atoms with Gasteiger partial charge in [0.1, 0.15) is 0 Å². The summed E-state index contributed by atoms with van der Waals surface area (Å²) in [4.78, 5) is 5.94. The molecule has 2 fully saturated rings. The van der Waals surface area contributed by atoms with Gasteiger partial charge in [-0.2, -0.15) is 32.2 Å². The molecule has 0 amide bonds. The number of hydrogen-bond acceptors (Lipinski definition) is 6. The molecule has 1 N–H and O–H groups in total. The van der Waals surface area contributed by atoms with Crippen LogP contribution in [0.3, 0.4) is 0 Å². The van der Waals surface area contributed by atoms with E-state index < -0.39 is 18.7 Å². The third-order valence-electron chi connectivity index (χ3n) is 5.42. The molecule has 1 saturated carbocycles. The van der Waals surface area contributed by atoms with Crippen molar-refractivity contribution in [3.05, 3.63) is 18.3 Å². The van der Waals surface area contributed by atoms with Crippen LogP contribution in [0.2, 0.25) is 0 Å². The third kappa shape index (κ3) is 3.61. The highest BCUT2D eigenvalue weighted by atomic mass is 19.4. The van der Waals surface area contributed by atoms with Crippen molar-refractivity contribution in [3.8, 4) is 11.9 Å². The monoisotopic (exact) mass is 416 g/mol. The van der Waals surface area contributed by atoms with Crippen molar-refractivity contribution < 1.29 is 26.7 Å². The number of anilines is 1. The van der Waals surface area contributed by atoms with Crippen LogP contribution in [0.15, 0.2) is 18.3 Å². The molecule has 1 saturated heterocycles. The molecule has 2 bridgehead atoms. The fourth-order valence-electron chi connectivity index (χ4n) is 3.99. The van der Waals surface area contributed by atoms with Crippen molar-refractivity contribution >= 4 is 11.6 Å². The minimum absolute atomic E-state index is 0.0368. The number of halogens is 5. The first kappa shape index (κ1) is 19.5. The molecule has 12 heteroatoms. The second kappa shape index (κ2) is 6.89. The molecule has 3 atom stereocenters. The van der Waals surface area contributed by atoms with Crippen LogP contribution < -0.4 is 10.1 Å². The maximum absolute atomic E-state index is 13.2. The first-order valence-electron chi connectivity index (χ1n) is 9.02. The zero-order valence-electron chi connectivity index (χ0n) is 15.0. The molecule has 7 nitrogen and oxygen atoms in total. The predicted octanol–water partition coefficient (Wildman–Crippen LogP) is 2.91. The van der Waals surface area contributed by atoms with Crippen LogP contribution in [0.1, 0.15) is 12.8 Å². The number of aromatic nitrogens is 3. The van der Waals surface area contributed by atoms with Gasteiger partial charge in [0.05, 0.1) is 0 Å². The molecule has 1 aliphatic heterocycles. The lowest BCUT2D eigenvalue weighted by Gasteiger charge is -2.35. The average Bonchev–Trinajstić information content (AvgIpc) is 3.16. The molecule has 3 heterocycles. The molecule has 0 aromatic carbocycles. The fraction of sp³-hybridized carbons (Fsp3) is 0.588. The second-order valence-corrected chi connectivity index (χ2v) is 7.34. The Morgan fingerprint density at radius 3 is 2.52 bits per heavy atom. The zero-order valence-corrected chi connectivity index (χ0v) is 15.0. The molecule has 1 unspecified atom stereocenters. The second-order valence-electron chi connectivity index (χ2n) is 7.34. The Hall–Kier alpha value is -2.84. The zero-order chi connectivity index (χ0) is 20.8. The summed E-state index contributed by atoms with van der Waals surface area (Å²) in [6.45, 7) is -0.569. The molecule has 4 rings (SSSR count). The molecule has 156 valence electrons. The Bertz CT molecular complexity index is 925. The van der Waals surface area contributed by atoms with Gasteiger partial charge >= 0.3 is 12.1 Å². The van der Waals surface area contributed by atoms with Gasteiger partial charge in [0.25, 0.3) is 0 Å². The summed E-state index contributed by atoms with van der Waals surface area (Å²) >= 11 is 0. The smallest absolute Gasteiger partial charge is 0.456 e. The maximum Gasteiger partial charge on any atom is 0.456 e. The number of alkyl halides is 5. The van der Waals surface area contributed by atoms with Gasteiger partial charge in [0, 0.05) is 25.3 Å². The van der Waals surface area contributed by atoms with E-state index in [4.69, 9.17) is 10.00 Å². The van der Waals surface area contributed by atoms with Crippen LogP contribution >= 0.6 is 0 Å². The van der Waals surface area contributed by atoms with Gasteiger partial charge in [-0.05, 0) is 36.8 Å². The summed E-state index contributed by atoms with van der Waals surface area (Å²) < 4.78 is 69.3. The number of likely N-dealkylation sites (tertiary alicyclic amines) is 1. The molecule has 2 aliphatic rings. The van der Waals surface area contributed by atoms with E-state index in [2.05, 4.69) is 21.6 Å². The quantitative estimate of drug-likeness (QED) is 0.597. The number of nitrogens with one attached hydrogen (secondary N) is 1. The highest BCUT2D eigenvalue weighted by Gasteiger charge is 2.58. The highest BCUT2D eigenvalue weighted by Crippen LogP contribution is 2.39. The van der Waals surface area contributed by atoms with Crippen LogP contribution in [0, 0.1) is 23.3 Å². The van der Waals surface area contributed by atoms with E-state index in [-0.39, 0.29) is 35.2 Å². The number of pyridine rings is 1. The first-order valence-corrected chi connectivity index (χ1v) is 9.02. The van der Waals surface area contributed by atoms with Crippen molar-refractivity contribution in [3.63, 3.8) is 0 Å². The number of hydrogen-bond donors (Lipinski definition) is 1. The third-order valence-corrected chi connectivity index (χ3v) is 5.42.